The summed E-state index contributed by atoms with van der Waals surface area (Å²) in [6.07, 6.45) is 2.24. The molecule has 1 N–H and O–H groups in total. The standard InChI is InChI=1S/C15H14N4O4S/c1-24-10-4-2-3-9(7-10)14-17-18-15(23-14)16-11(20)8-19-12(21)5-6-13(19)22/h2-4,7H,5-6,8H2,1H3,(H,16,18,20). The van der Waals surface area contributed by atoms with E-state index in [0.717, 1.165) is 15.4 Å². The third kappa shape index (κ3) is 3.46. The second kappa shape index (κ2) is 6.83. The van der Waals surface area contributed by atoms with Crippen LogP contribution in [0.25, 0.3) is 11.5 Å². The third-order valence-electron chi connectivity index (χ3n) is 3.44. The van der Waals surface area contributed by atoms with Crippen molar-refractivity contribution in [3.63, 3.8) is 0 Å². The first-order valence-corrected chi connectivity index (χ1v) is 8.40. The van der Waals surface area contributed by atoms with Crippen molar-refractivity contribution in [1.82, 2.24) is 15.1 Å². The summed E-state index contributed by atoms with van der Waals surface area (Å²) in [5, 5.41) is 10.0. The highest BCUT2D eigenvalue weighted by molar-refractivity contribution is 7.98. The minimum Gasteiger partial charge on any atom is -0.403 e. The average molecular weight is 346 g/mol. The molecule has 0 radical (unpaired) electrons. The molecule has 0 saturated carbocycles. The number of thioether (sulfide) groups is 1. The molecule has 3 amide bonds. The van der Waals surface area contributed by atoms with Crippen molar-refractivity contribution >= 4 is 35.5 Å². The number of hydrogen-bond donors (Lipinski definition) is 1. The first-order valence-electron chi connectivity index (χ1n) is 7.18. The molecule has 2 heterocycles. The van der Waals surface area contributed by atoms with Crippen molar-refractivity contribution in [3.05, 3.63) is 24.3 Å². The van der Waals surface area contributed by atoms with Crippen molar-refractivity contribution in [2.45, 2.75) is 17.7 Å². The van der Waals surface area contributed by atoms with Crippen molar-refractivity contribution in [2.24, 2.45) is 0 Å². The van der Waals surface area contributed by atoms with Crippen LogP contribution in [0.1, 0.15) is 12.8 Å². The van der Waals surface area contributed by atoms with Crippen LogP contribution in [0.15, 0.2) is 33.6 Å². The molecule has 1 aromatic carbocycles. The van der Waals surface area contributed by atoms with E-state index >= 15 is 0 Å². The van der Waals surface area contributed by atoms with Gasteiger partial charge in [0.1, 0.15) is 6.54 Å². The second-order valence-corrected chi connectivity index (χ2v) is 5.95. The van der Waals surface area contributed by atoms with Gasteiger partial charge in [-0.2, -0.15) is 0 Å². The normalized spacial score (nSPS) is 14.3. The summed E-state index contributed by atoms with van der Waals surface area (Å²) >= 11 is 1.58. The number of rotatable bonds is 5. The molecule has 0 unspecified atom stereocenters. The van der Waals surface area contributed by atoms with Gasteiger partial charge in [0.15, 0.2) is 0 Å². The molecule has 1 fully saturated rings. The predicted octanol–water partition coefficient (Wildman–Crippen LogP) is 1.55. The third-order valence-corrected chi connectivity index (χ3v) is 4.17. The lowest BCUT2D eigenvalue weighted by Gasteiger charge is -2.11. The number of imide groups is 1. The molecule has 0 spiro atoms. The Bertz CT molecular complexity index is 788. The Kier molecular flexibility index (Phi) is 4.61. The lowest BCUT2D eigenvalue weighted by atomic mass is 10.2. The van der Waals surface area contributed by atoms with Gasteiger partial charge in [-0.05, 0) is 24.5 Å². The number of nitrogens with one attached hydrogen (secondary N) is 1. The summed E-state index contributed by atoms with van der Waals surface area (Å²) in [5.41, 5.74) is 0.736. The molecular weight excluding hydrogens is 332 g/mol. The average Bonchev–Trinajstić information content (AvgIpc) is 3.17. The van der Waals surface area contributed by atoms with Gasteiger partial charge in [0, 0.05) is 23.3 Å². The molecule has 9 heteroatoms. The molecule has 0 aliphatic carbocycles. The van der Waals surface area contributed by atoms with Crippen molar-refractivity contribution in [2.75, 3.05) is 18.1 Å². The second-order valence-electron chi connectivity index (χ2n) is 5.07. The van der Waals surface area contributed by atoms with Crippen molar-refractivity contribution in [1.29, 1.82) is 0 Å². The van der Waals surface area contributed by atoms with Crippen LogP contribution in [0.2, 0.25) is 0 Å². The van der Waals surface area contributed by atoms with E-state index in [-0.39, 0.29) is 43.1 Å². The summed E-state index contributed by atoms with van der Waals surface area (Å²) < 4.78 is 5.41. The van der Waals surface area contributed by atoms with Crippen LogP contribution in [0.4, 0.5) is 6.01 Å². The van der Waals surface area contributed by atoms with Crippen LogP contribution in [0.5, 0.6) is 0 Å². The highest BCUT2D eigenvalue weighted by atomic mass is 32.2. The highest BCUT2D eigenvalue weighted by Crippen LogP contribution is 2.24. The Balaban J connectivity index is 1.66. The number of nitrogens with zero attached hydrogens (tertiary/aromatic N) is 3. The van der Waals surface area contributed by atoms with E-state index in [1.165, 1.54) is 0 Å². The van der Waals surface area contributed by atoms with Gasteiger partial charge in [0.25, 0.3) is 0 Å². The summed E-state index contributed by atoms with van der Waals surface area (Å²) in [7, 11) is 0. The first kappa shape index (κ1) is 16.2. The minimum absolute atomic E-state index is 0.0800. The van der Waals surface area contributed by atoms with Crippen LogP contribution in [0.3, 0.4) is 0 Å². The molecule has 124 valence electrons. The van der Waals surface area contributed by atoms with Crippen molar-refractivity contribution < 1.29 is 18.8 Å². The van der Waals surface area contributed by atoms with Gasteiger partial charge >= 0.3 is 6.01 Å². The Morgan fingerprint density at radius 3 is 2.75 bits per heavy atom. The SMILES string of the molecule is CSc1cccc(-c2nnc(NC(=O)CN3C(=O)CCC3=O)o2)c1. The van der Waals surface area contributed by atoms with Crippen molar-refractivity contribution in [3.8, 4) is 11.5 Å². The van der Waals surface area contributed by atoms with E-state index in [1.807, 2.05) is 30.5 Å². The van der Waals surface area contributed by atoms with Gasteiger partial charge in [-0.1, -0.05) is 11.2 Å². The number of aromatic nitrogens is 2. The summed E-state index contributed by atoms with van der Waals surface area (Å²) in [4.78, 5) is 36.9. The molecule has 0 atom stereocenters. The van der Waals surface area contributed by atoms with E-state index < -0.39 is 5.91 Å². The van der Waals surface area contributed by atoms with Gasteiger partial charge in [0.2, 0.25) is 23.6 Å². The number of likely N-dealkylation sites (tertiary alicyclic amines) is 1. The zero-order valence-corrected chi connectivity index (χ0v) is 13.6. The number of amides is 3. The predicted molar refractivity (Wildman–Crippen MR) is 86.1 cm³/mol. The molecule has 1 aliphatic rings. The molecule has 1 aromatic heterocycles. The minimum atomic E-state index is -0.563. The molecule has 3 rings (SSSR count). The van der Waals surface area contributed by atoms with Crippen LogP contribution >= 0.6 is 11.8 Å². The maximum atomic E-state index is 11.9. The Hall–Kier alpha value is -2.68. The van der Waals surface area contributed by atoms with Crippen LogP contribution in [0, 0.1) is 0 Å². The van der Waals surface area contributed by atoms with Crippen LogP contribution in [-0.2, 0) is 14.4 Å². The van der Waals surface area contributed by atoms with E-state index in [1.54, 1.807) is 11.8 Å². The topological polar surface area (TPSA) is 105 Å². The molecule has 1 saturated heterocycles. The lowest BCUT2D eigenvalue weighted by Crippen LogP contribution is -2.36. The van der Waals surface area contributed by atoms with Gasteiger partial charge in [-0.3, -0.25) is 24.6 Å². The summed E-state index contributed by atoms with van der Waals surface area (Å²) in [5.74, 6) is -0.994. The van der Waals surface area contributed by atoms with Gasteiger partial charge < -0.3 is 4.42 Å². The monoisotopic (exact) mass is 346 g/mol. The van der Waals surface area contributed by atoms with Gasteiger partial charge in [-0.15, -0.1) is 16.9 Å². The Morgan fingerprint density at radius 1 is 1.29 bits per heavy atom. The fraction of sp³-hybridized carbons (Fsp3) is 0.267. The van der Waals surface area contributed by atoms with E-state index in [0.29, 0.717) is 0 Å². The molecule has 0 bridgehead atoms. The zero-order valence-electron chi connectivity index (χ0n) is 12.8. The van der Waals surface area contributed by atoms with Crippen LogP contribution in [-0.4, -0.2) is 45.6 Å². The maximum Gasteiger partial charge on any atom is 0.322 e. The smallest absolute Gasteiger partial charge is 0.322 e. The Morgan fingerprint density at radius 2 is 2.04 bits per heavy atom. The maximum absolute atomic E-state index is 11.9. The summed E-state index contributed by atoms with van der Waals surface area (Å²) in [6.45, 7) is -0.350. The molecule has 2 aromatic rings. The largest absolute Gasteiger partial charge is 0.403 e. The fourth-order valence-electron chi connectivity index (χ4n) is 2.25. The molecule has 8 nitrogen and oxygen atoms in total. The highest BCUT2D eigenvalue weighted by Gasteiger charge is 2.30. The lowest BCUT2D eigenvalue weighted by molar-refractivity contribution is -0.141. The fourth-order valence-corrected chi connectivity index (χ4v) is 2.71. The molecule has 1 aliphatic heterocycles. The Labute approximate surface area is 141 Å². The number of anilines is 1. The molecule has 24 heavy (non-hydrogen) atoms. The quantitative estimate of drug-likeness (QED) is 0.646. The van der Waals surface area contributed by atoms with Gasteiger partial charge in [-0.25, -0.2) is 0 Å². The van der Waals surface area contributed by atoms with E-state index in [2.05, 4.69) is 15.5 Å². The number of hydrogen-bond acceptors (Lipinski definition) is 7. The number of carbonyl (C=O) groups excluding carboxylic acids is 3. The first-order chi connectivity index (χ1) is 11.6. The van der Waals surface area contributed by atoms with Gasteiger partial charge in [0.05, 0.1) is 0 Å². The number of carbonyl (C=O) groups is 3. The van der Waals surface area contributed by atoms with E-state index in [4.69, 9.17) is 4.42 Å². The number of benzene rings is 1. The van der Waals surface area contributed by atoms with Crippen LogP contribution < -0.4 is 5.32 Å². The van der Waals surface area contributed by atoms with E-state index in [9.17, 15) is 14.4 Å². The zero-order chi connectivity index (χ0) is 17.1. The summed E-state index contributed by atoms with van der Waals surface area (Å²) in [6, 6.07) is 7.46. The molecular formula is C15H14N4O4S.